The Balaban J connectivity index is 2.02. The number of rotatable bonds is 12. The van der Waals surface area contributed by atoms with Crippen LogP contribution in [0.15, 0.2) is 41.4 Å². The third-order valence-corrected chi connectivity index (χ3v) is 8.73. The predicted molar refractivity (Wildman–Crippen MR) is 152 cm³/mol. The van der Waals surface area contributed by atoms with E-state index in [9.17, 15) is 18.1 Å². The van der Waals surface area contributed by atoms with Gasteiger partial charge in [0.05, 0.1) is 38.2 Å². The molecule has 0 saturated heterocycles. The molecule has 0 aliphatic rings. The number of hydrogen-bond acceptors (Lipinski definition) is 9. The van der Waals surface area contributed by atoms with Crippen molar-refractivity contribution in [2.75, 3.05) is 37.4 Å². The number of benzene rings is 2. The molecule has 216 valence electrons. The quantitative estimate of drug-likeness (QED) is 0.297. The Labute approximate surface area is 237 Å². The summed E-state index contributed by atoms with van der Waals surface area (Å²) >= 11 is 0.492. The zero-order valence-corrected chi connectivity index (χ0v) is 24.8. The third-order valence-electron chi connectivity index (χ3n) is 6.05. The lowest BCUT2D eigenvalue weighted by Crippen LogP contribution is -2.36. The van der Waals surface area contributed by atoms with Gasteiger partial charge in [0, 0.05) is 24.2 Å². The summed E-state index contributed by atoms with van der Waals surface area (Å²) in [6.07, 6.45) is 1.69. The second kappa shape index (κ2) is 12.8. The number of nitrogens with one attached hydrogen (secondary N) is 2. The van der Waals surface area contributed by atoms with Crippen molar-refractivity contribution in [1.82, 2.24) is 10.3 Å². The van der Waals surface area contributed by atoms with Crippen molar-refractivity contribution in [3.63, 3.8) is 0 Å². The largest absolute Gasteiger partial charge is 0.497 e. The highest BCUT2D eigenvalue weighted by Gasteiger charge is 2.32. The molecule has 1 aromatic heterocycles. The molecule has 3 rings (SSSR count). The second-order valence-corrected chi connectivity index (χ2v) is 13.0. The van der Waals surface area contributed by atoms with E-state index in [2.05, 4.69) is 36.4 Å². The average molecular weight is 594 g/mol. The Morgan fingerprint density at radius 2 is 1.90 bits per heavy atom. The molecule has 1 atom stereocenters. The molecule has 0 amide bonds. The molecule has 0 radical (unpaired) electrons. The van der Waals surface area contributed by atoms with Crippen LogP contribution < -0.4 is 24.4 Å². The van der Waals surface area contributed by atoms with Gasteiger partial charge in [0.1, 0.15) is 28.3 Å². The smallest absolute Gasteiger partial charge is 0.269 e. The number of nitriles is 1. The van der Waals surface area contributed by atoms with Crippen molar-refractivity contribution in [1.29, 1.82) is 5.26 Å². The maximum atomic E-state index is 15.5. The minimum absolute atomic E-state index is 0.0211. The standard InChI is InChI=1S/C27H33F2N5O4S2/c1-27(2,3)12-19(31-4)14-32-22-11-21(28)24(9-18(22)13-30)40(35,36)34(26-33-15-25(29)39-26)16-17-7-8-20(37-5)10-23(17)38-6/h7-11,15,19,31-32H,12,14,16H2,1-6H3/t19-/m0/s1. The maximum absolute atomic E-state index is 15.5. The Bertz CT molecular complexity index is 1480. The molecule has 9 nitrogen and oxygen atoms in total. The van der Waals surface area contributed by atoms with E-state index in [1.165, 1.54) is 14.2 Å². The van der Waals surface area contributed by atoms with Crippen molar-refractivity contribution in [3.05, 3.63) is 58.6 Å². The fourth-order valence-corrected chi connectivity index (χ4v) is 6.44. The van der Waals surface area contributed by atoms with Crippen LogP contribution in [0.1, 0.15) is 38.3 Å². The van der Waals surface area contributed by atoms with Crippen LogP contribution in [0, 0.1) is 27.7 Å². The minimum atomic E-state index is -4.66. The molecule has 3 aromatic rings. The fourth-order valence-electron chi connectivity index (χ4n) is 4.11. The van der Waals surface area contributed by atoms with Gasteiger partial charge in [0.2, 0.25) is 5.13 Å². The Hall–Kier alpha value is -3.47. The van der Waals surface area contributed by atoms with Crippen LogP contribution >= 0.6 is 11.3 Å². The van der Waals surface area contributed by atoms with E-state index in [1.54, 1.807) is 18.2 Å². The minimum Gasteiger partial charge on any atom is -0.497 e. The summed E-state index contributed by atoms with van der Waals surface area (Å²) in [7, 11) is 0.0358. The van der Waals surface area contributed by atoms with Crippen LogP contribution in [0.25, 0.3) is 0 Å². The van der Waals surface area contributed by atoms with Gasteiger partial charge in [-0.15, -0.1) is 0 Å². The normalized spacial score (nSPS) is 12.5. The first-order valence-corrected chi connectivity index (χ1v) is 14.6. The molecule has 0 spiro atoms. The van der Waals surface area contributed by atoms with Gasteiger partial charge in [-0.25, -0.2) is 22.1 Å². The number of hydrogen-bond donors (Lipinski definition) is 2. The van der Waals surface area contributed by atoms with Gasteiger partial charge in [0.25, 0.3) is 10.0 Å². The van der Waals surface area contributed by atoms with Crippen LogP contribution in [0.2, 0.25) is 0 Å². The number of anilines is 2. The molecule has 0 aliphatic heterocycles. The van der Waals surface area contributed by atoms with Gasteiger partial charge in [-0.05, 0) is 43.1 Å². The van der Waals surface area contributed by atoms with Gasteiger partial charge in [-0.1, -0.05) is 32.1 Å². The number of halogens is 2. The van der Waals surface area contributed by atoms with Gasteiger partial charge in [0.15, 0.2) is 5.13 Å². The van der Waals surface area contributed by atoms with Gasteiger partial charge >= 0.3 is 0 Å². The van der Waals surface area contributed by atoms with Gasteiger partial charge in [-0.3, -0.25) is 0 Å². The monoisotopic (exact) mass is 593 g/mol. The van der Waals surface area contributed by atoms with Crippen molar-refractivity contribution >= 4 is 32.2 Å². The first-order chi connectivity index (χ1) is 18.8. The molecule has 0 saturated carbocycles. The van der Waals surface area contributed by atoms with Gasteiger partial charge in [-0.2, -0.15) is 9.65 Å². The second-order valence-electron chi connectivity index (χ2n) is 10.2. The zero-order valence-electron chi connectivity index (χ0n) is 23.2. The van der Waals surface area contributed by atoms with Gasteiger partial charge < -0.3 is 20.1 Å². The van der Waals surface area contributed by atoms with E-state index in [-0.39, 0.29) is 34.4 Å². The van der Waals surface area contributed by atoms with E-state index in [0.29, 0.717) is 34.9 Å². The molecule has 0 fully saturated rings. The lowest BCUT2D eigenvalue weighted by atomic mass is 9.88. The number of likely N-dealkylation sites (N-methyl/N-ethyl adjacent to an activating group) is 1. The maximum Gasteiger partial charge on any atom is 0.269 e. The topological polar surface area (TPSA) is 117 Å². The lowest BCUT2D eigenvalue weighted by molar-refractivity contribution is 0.323. The zero-order chi connectivity index (χ0) is 29.7. The van der Waals surface area contributed by atoms with E-state index < -0.39 is 25.9 Å². The molecule has 0 aliphatic carbocycles. The summed E-state index contributed by atoms with van der Waals surface area (Å²) in [4.78, 5) is 3.15. The van der Waals surface area contributed by atoms with Crippen LogP contribution in [-0.4, -0.2) is 47.3 Å². The van der Waals surface area contributed by atoms with E-state index in [4.69, 9.17) is 9.47 Å². The summed E-state index contributed by atoms with van der Waals surface area (Å²) in [5, 5.41) is 15.1. The van der Waals surface area contributed by atoms with E-state index >= 15 is 4.39 Å². The van der Waals surface area contributed by atoms with Crippen LogP contribution in [-0.2, 0) is 16.6 Å². The molecule has 2 N–H and O–H groups in total. The number of sulfonamides is 1. The molecule has 2 aromatic carbocycles. The SMILES string of the molecule is CN[C@H](CNc1cc(F)c(S(=O)(=O)N(Cc2ccc(OC)cc2OC)c2ncc(F)s2)cc1C#N)CC(C)(C)C. The number of aromatic nitrogens is 1. The van der Waals surface area contributed by atoms with E-state index in [0.717, 1.165) is 29.1 Å². The van der Waals surface area contributed by atoms with Crippen LogP contribution in [0.4, 0.5) is 19.6 Å². The summed E-state index contributed by atoms with van der Waals surface area (Å²) in [6.45, 7) is 6.33. The Morgan fingerprint density at radius 3 is 2.45 bits per heavy atom. The molecule has 13 heteroatoms. The first-order valence-electron chi connectivity index (χ1n) is 12.3. The Morgan fingerprint density at radius 1 is 1.18 bits per heavy atom. The summed E-state index contributed by atoms with van der Waals surface area (Å²) in [5.74, 6) is -0.281. The first kappa shape index (κ1) is 31.1. The number of nitrogens with zero attached hydrogens (tertiary/aromatic N) is 3. The van der Waals surface area contributed by atoms with E-state index in [1.807, 2.05) is 13.1 Å². The van der Waals surface area contributed by atoms with Crippen molar-refractivity contribution in [2.45, 2.75) is 44.7 Å². The lowest BCUT2D eigenvalue weighted by Gasteiger charge is -2.26. The molecular formula is C27H33F2N5O4S2. The molecule has 1 heterocycles. The van der Waals surface area contributed by atoms with Crippen molar-refractivity contribution in [3.8, 4) is 17.6 Å². The molecule has 40 heavy (non-hydrogen) atoms. The third kappa shape index (κ3) is 7.38. The molecule has 0 bridgehead atoms. The predicted octanol–water partition coefficient (Wildman–Crippen LogP) is 5.14. The van der Waals surface area contributed by atoms with Crippen LogP contribution in [0.3, 0.4) is 0 Å². The summed E-state index contributed by atoms with van der Waals surface area (Å²) in [5.41, 5.74) is 0.537. The average Bonchev–Trinajstić information content (AvgIpc) is 3.34. The molecule has 0 unspecified atom stereocenters. The highest BCUT2D eigenvalue weighted by atomic mass is 32.2. The number of methoxy groups -OCH3 is 2. The fraction of sp³-hybridized carbons (Fsp3) is 0.407. The summed E-state index contributed by atoms with van der Waals surface area (Å²) < 4.78 is 68.6. The number of ether oxygens (including phenoxy) is 2. The van der Waals surface area contributed by atoms with Crippen molar-refractivity contribution < 1.29 is 26.7 Å². The van der Waals surface area contributed by atoms with Crippen LogP contribution in [0.5, 0.6) is 11.5 Å². The van der Waals surface area contributed by atoms with Crippen molar-refractivity contribution in [2.24, 2.45) is 5.41 Å². The highest BCUT2D eigenvalue weighted by molar-refractivity contribution is 7.93. The highest BCUT2D eigenvalue weighted by Crippen LogP contribution is 2.35. The molecular weight excluding hydrogens is 560 g/mol. The Kier molecular flexibility index (Phi) is 9.94. The summed E-state index contributed by atoms with van der Waals surface area (Å²) in [6, 6.07) is 8.70. The number of thiazole rings is 1.